The fourth-order valence-corrected chi connectivity index (χ4v) is 2.83. The summed E-state index contributed by atoms with van der Waals surface area (Å²) in [6.07, 6.45) is 0.537. The lowest BCUT2D eigenvalue weighted by atomic mass is 10.2. The van der Waals surface area contributed by atoms with Crippen LogP contribution in [0.25, 0.3) is 0 Å². The second-order valence-corrected chi connectivity index (χ2v) is 6.50. The van der Waals surface area contributed by atoms with Gasteiger partial charge in [-0.1, -0.05) is 24.3 Å². The third-order valence-corrected chi connectivity index (χ3v) is 4.32. The number of anilines is 3. The molecule has 0 aliphatic heterocycles. The zero-order valence-corrected chi connectivity index (χ0v) is 14.7. The van der Waals surface area contributed by atoms with Crippen LogP contribution in [0, 0.1) is 18.8 Å². The predicted molar refractivity (Wildman–Crippen MR) is 101 cm³/mol. The molecule has 1 saturated carbocycles. The van der Waals surface area contributed by atoms with Gasteiger partial charge in [0.25, 0.3) is 0 Å². The van der Waals surface area contributed by atoms with Crippen LogP contribution < -0.4 is 16.0 Å². The van der Waals surface area contributed by atoms with E-state index in [1.54, 1.807) is 24.3 Å². The van der Waals surface area contributed by atoms with Gasteiger partial charge in [0.15, 0.2) is 0 Å². The second kappa shape index (κ2) is 7.39. The molecule has 0 bridgehead atoms. The molecular formula is C20H21N3O3. The van der Waals surface area contributed by atoms with Gasteiger partial charge in [0.1, 0.15) is 0 Å². The van der Waals surface area contributed by atoms with E-state index in [9.17, 15) is 14.4 Å². The Morgan fingerprint density at radius 2 is 1.46 bits per heavy atom. The van der Waals surface area contributed by atoms with E-state index in [2.05, 4.69) is 16.0 Å². The zero-order chi connectivity index (χ0) is 18.7. The fraction of sp³-hybridized carbons (Fsp3) is 0.250. The SMILES string of the molecule is CC(=O)Nc1cccc(NC(=O)C2CC2C(=O)Nc2ccccc2C)c1. The summed E-state index contributed by atoms with van der Waals surface area (Å²) < 4.78 is 0. The first-order valence-corrected chi connectivity index (χ1v) is 8.49. The molecule has 6 nitrogen and oxygen atoms in total. The van der Waals surface area contributed by atoms with E-state index in [4.69, 9.17) is 0 Å². The molecule has 2 unspecified atom stereocenters. The Morgan fingerprint density at radius 3 is 2.12 bits per heavy atom. The van der Waals surface area contributed by atoms with Crippen molar-refractivity contribution in [1.82, 2.24) is 0 Å². The zero-order valence-electron chi connectivity index (χ0n) is 14.7. The summed E-state index contributed by atoms with van der Waals surface area (Å²) in [6, 6.07) is 14.5. The van der Waals surface area contributed by atoms with E-state index >= 15 is 0 Å². The van der Waals surface area contributed by atoms with Crippen molar-refractivity contribution in [3.05, 3.63) is 54.1 Å². The number of para-hydroxylation sites is 1. The molecule has 26 heavy (non-hydrogen) atoms. The second-order valence-electron chi connectivity index (χ2n) is 6.50. The molecule has 2 aromatic carbocycles. The van der Waals surface area contributed by atoms with Crippen molar-refractivity contribution in [2.45, 2.75) is 20.3 Å². The van der Waals surface area contributed by atoms with E-state index in [-0.39, 0.29) is 29.6 Å². The average Bonchev–Trinajstić information content (AvgIpc) is 3.37. The topological polar surface area (TPSA) is 87.3 Å². The van der Waals surface area contributed by atoms with Crippen LogP contribution in [0.3, 0.4) is 0 Å². The number of rotatable bonds is 5. The van der Waals surface area contributed by atoms with Gasteiger partial charge in [-0.2, -0.15) is 0 Å². The van der Waals surface area contributed by atoms with Crippen LogP contribution in [0.5, 0.6) is 0 Å². The van der Waals surface area contributed by atoms with Crippen LogP contribution in [-0.4, -0.2) is 17.7 Å². The number of amides is 3. The Bertz CT molecular complexity index is 863. The van der Waals surface area contributed by atoms with E-state index in [1.807, 2.05) is 31.2 Å². The molecule has 6 heteroatoms. The molecule has 134 valence electrons. The minimum atomic E-state index is -0.330. The van der Waals surface area contributed by atoms with Gasteiger partial charge in [0.2, 0.25) is 17.7 Å². The van der Waals surface area contributed by atoms with Crippen LogP contribution >= 0.6 is 0 Å². The molecule has 3 N–H and O–H groups in total. The van der Waals surface area contributed by atoms with Gasteiger partial charge in [-0.15, -0.1) is 0 Å². The largest absolute Gasteiger partial charge is 0.326 e. The maximum atomic E-state index is 12.4. The van der Waals surface area contributed by atoms with Gasteiger partial charge in [0.05, 0.1) is 11.8 Å². The molecule has 2 aromatic rings. The quantitative estimate of drug-likeness (QED) is 0.773. The monoisotopic (exact) mass is 351 g/mol. The summed E-state index contributed by atoms with van der Waals surface area (Å²) >= 11 is 0. The first-order chi connectivity index (χ1) is 12.4. The highest BCUT2D eigenvalue weighted by molar-refractivity contribution is 6.03. The lowest BCUT2D eigenvalue weighted by Gasteiger charge is -2.09. The van der Waals surface area contributed by atoms with Gasteiger partial charge >= 0.3 is 0 Å². The molecule has 1 fully saturated rings. The van der Waals surface area contributed by atoms with E-state index < -0.39 is 0 Å². The summed E-state index contributed by atoms with van der Waals surface area (Å²) in [6.45, 7) is 3.35. The number of hydrogen-bond acceptors (Lipinski definition) is 3. The van der Waals surface area contributed by atoms with Gasteiger partial charge in [-0.25, -0.2) is 0 Å². The van der Waals surface area contributed by atoms with E-state index in [1.165, 1.54) is 6.92 Å². The first-order valence-electron chi connectivity index (χ1n) is 8.49. The number of carbonyl (C=O) groups is 3. The van der Waals surface area contributed by atoms with Crippen LogP contribution in [0.2, 0.25) is 0 Å². The first kappa shape index (κ1) is 17.7. The highest BCUT2D eigenvalue weighted by atomic mass is 16.2. The highest BCUT2D eigenvalue weighted by Gasteiger charge is 2.48. The molecule has 2 atom stereocenters. The van der Waals surface area contributed by atoms with Crippen LogP contribution in [0.15, 0.2) is 48.5 Å². The molecule has 0 saturated heterocycles. The summed E-state index contributed by atoms with van der Waals surface area (Å²) in [4.78, 5) is 35.8. The Morgan fingerprint density at radius 1 is 0.846 bits per heavy atom. The average molecular weight is 351 g/mol. The lowest BCUT2D eigenvalue weighted by Crippen LogP contribution is -2.21. The van der Waals surface area contributed by atoms with Crippen molar-refractivity contribution in [2.75, 3.05) is 16.0 Å². The van der Waals surface area contributed by atoms with Crippen molar-refractivity contribution in [1.29, 1.82) is 0 Å². The summed E-state index contributed by atoms with van der Waals surface area (Å²) in [5.41, 5.74) is 2.95. The van der Waals surface area contributed by atoms with Crippen LogP contribution in [0.1, 0.15) is 18.9 Å². The summed E-state index contributed by atoms with van der Waals surface area (Å²) in [7, 11) is 0. The minimum absolute atomic E-state index is 0.133. The molecule has 0 radical (unpaired) electrons. The Balaban J connectivity index is 1.56. The maximum Gasteiger partial charge on any atom is 0.228 e. The lowest BCUT2D eigenvalue weighted by molar-refractivity contribution is -0.122. The predicted octanol–water partition coefficient (Wildman–Crippen LogP) is 3.17. The molecular weight excluding hydrogens is 330 g/mol. The van der Waals surface area contributed by atoms with E-state index in [0.29, 0.717) is 17.8 Å². The number of benzene rings is 2. The number of aryl methyl sites for hydroxylation is 1. The van der Waals surface area contributed by atoms with Crippen molar-refractivity contribution in [2.24, 2.45) is 11.8 Å². The van der Waals surface area contributed by atoms with E-state index in [0.717, 1.165) is 11.3 Å². The van der Waals surface area contributed by atoms with Gasteiger partial charge in [0, 0.05) is 24.0 Å². The van der Waals surface area contributed by atoms with Crippen molar-refractivity contribution < 1.29 is 14.4 Å². The molecule has 0 spiro atoms. The third kappa shape index (κ3) is 4.27. The molecule has 0 aromatic heterocycles. The number of hydrogen-bond donors (Lipinski definition) is 3. The van der Waals surface area contributed by atoms with Crippen molar-refractivity contribution in [3.63, 3.8) is 0 Å². The fourth-order valence-electron chi connectivity index (χ4n) is 2.83. The molecule has 3 rings (SSSR count). The normalized spacial score (nSPS) is 17.9. The molecule has 3 amide bonds. The number of nitrogens with one attached hydrogen (secondary N) is 3. The Hall–Kier alpha value is -3.15. The number of carbonyl (C=O) groups excluding carboxylic acids is 3. The molecule has 0 heterocycles. The van der Waals surface area contributed by atoms with Gasteiger partial charge in [-0.3, -0.25) is 14.4 Å². The smallest absolute Gasteiger partial charge is 0.228 e. The molecule has 1 aliphatic rings. The summed E-state index contributed by atoms with van der Waals surface area (Å²) in [5, 5.41) is 8.36. The van der Waals surface area contributed by atoms with Crippen LogP contribution in [0.4, 0.5) is 17.1 Å². The van der Waals surface area contributed by atoms with Crippen LogP contribution in [-0.2, 0) is 14.4 Å². The maximum absolute atomic E-state index is 12.4. The Kier molecular flexibility index (Phi) is 5.02. The van der Waals surface area contributed by atoms with Gasteiger partial charge in [-0.05, 0) is 43.2 Å². The standard InChI is InChI=1S/C20H21N3O3/c1-12-6-3-4-9-18(12)23-20(26)17-11-16(17)19(25)22-15-8-5-7-14(10-15)21-13(2)24/h3-10,16-17H,11H2,1-2H3,(H,21,24)(H,22,25)(H,23,26). The Labute approximate surface area is 152 Å². The highest BCUT2D eigenvalue weighted by Crippen LogP contribution is 2.40. The third-order valence-electron chi connectivity index (χ3n) is 4.32. The van der Waals surface area contributed by atoms with Crippen molar-refractivity contribution >= 4 is 34.8 Å². The summed E-state index contributed by atoms with van der Waals surface area (Å²) in [5.74, 6) is -1.14. The minimum Gasteiger partial charge on any atom is -0.326 e. The van der Waals surface area contributed by atoms with Gasteiger partial charge < -0.3 is 16.0 Å². The van der Waals surface area contributed by atoms with Crippen molar-refractivity contribution in [3.8, 4) is 0 Å². The molecule has 1 aliphatic carbocycles.